The van der Waals surface area contributed by atoms with E-state index in [0.717, 1.165) is 96.3 Å². The summed E-state index contributed by atoms with van der Waals surface area (Å²) in [6.45, 7) is 3.27. The molecule has 1 heterocycles. The van der Waals surface area contributed by atoms with Crippen LogP contribution >= 0.6 is 0 Å². The summed E-state index contributed by atoms with van der Waals surface area (Å²) in [5.74, 6) is -27.0. The van der Waals surface area contributed by atoms with Crippen LogP contribution in [0.2, 0.25) is 0 Å². The molecule has 1 aliphatic heterocycles. The number of anilines is 1. The number of ether oxygens (including phenoxy) is 7. The number of hydrogen-bond acceptors (Lipinski definition) is 13. The Morgan fingerprint density at radius 2 is 0.895 bits per heavy atom. The Bertz CT molecular complexity index is 6180. The van der Waals surface area contributed by atoms with E-state index < -0.39 is 163 Å². The maximum absolute atomic E-state index is 16.0. The van der Waals surface area contributed by atoms with E-state index in [9.17, 15) is 69.3 Å². The number of likely N-dealkylation sites (N-methyl/N-ethyl adjacent to an activating group) is 1. The minimum absolute atomic E-state index is 0.0581. The molecule has 0 N–H and O–H groups in total. The van der Waals surface area contributed by atoms with Gasteiger partial charge in [-0.1, -0.05) is 184 Å². The van der Waals surface area contributed by atoms with Crippen LogP contribution in [-0.4, -0.2) is 44.4 Å². The van der Waals surface area contributed by atoms with Crippen molar-refractivity contribution in [2.45, 2.75) is 78.2 Å². The number of hydrogen-bond donors (Lipinski definition) is 0. The van der Waals surface area contributed by atoms with Crippen molar-refractivity contribution in [2.24, 2.45) is 5.41 Å². The van der Waals surface area contributed by atoms with Crippen LogP contribution < -0.4 is 23.8 Å². The molecule has 12 aromatic carbocycles. The first-order valence-corrected chi connectivity index (χ1v) is 38.7. The van der Waals surface area contributed by atoms with Crippen LogP contribution in [0.3, 0.4) is 0 Å². The molecule has 626 valence electrons. The molecule has 0 radical (unpaired) electrons. The number of benzene rings is 12. The van der Waals surface area contributed by atoms with Gasteiger partial charge in [-0.3, -0.25) is 0 Å². The van der Waals surface area contributed by atoms with Crippen molar-refractivity contribution < 1.29 is 99.8 Å². The second-order valence-electron chi connectivity index (χ2n) is 29.8. The Hall–Kier alpha value is -14.6. The summed E-state index contributed by atoms with van der Waals surface area (Å²) >= 11 is 0. The lowest BCUT2D eigenvalue weighted by Gasteiger charge is -2.34. The highest BCUT2D eigenvalue weighted by atomic mass is 19.4. The summed E-state index contributed by atoms with van der Waals surface area (Å²) in [5.41, 5.74) is -5.67. The van der Waals surface area contributed by atoms with Gasteiger partial charge in [0.05, 0.1) is 35.4 Å². The zero-order valence-corrected chi connectivity index (χ0v) is 66.1. The molecule has 0 spiro atoms. The summed E-state index contributed by atoms with van der Waals surface area (Å²) in [6, 6.07) is 62.2. The van der Waals surface area contributed by atoms with Gasteiger partial charge in [-0.15, -0.1) is 0 Å². The molecule has 0 fully saturated rings. The number of fused-ring (bicyclic) bond motifs is 4. The molecule has 0 saturated heterocycles. The molecule has 124 heavy (non-hydrogen) atoms. The van der Waals surface area contributed by atoms with Gasteiger partial charge in [0, 0.05) is 53.0 Å². The van der Waals surface area contributed by atoms with E-state index in [0.29, 0.717) is 46.7 Å². The smallest absolute Gasteiger partial charge is 0.437 e. The Labute approximate surface area is 701 Å². The fourth-order valence-corrected chi connectivity index (χ4v) is 15.4. The van der Waals surface area contributed by atoms with Crippen LogP contribution in [0.15, 0.2) is 264 Å². The molecule has 1 atom stereocenters. The number of alkyl halides is 3. The van der Waals surface area contributed by atoms with E-state index in [1.807, 2.05) is 147 Å². The highest BCUT2D eigenvalue weighted by Crippen LogP contribution is 2.56. The standard InChI is InChI=1S/C98H69F13N4O9/c1-4-115(36-38-119-95(117)64-43-68(120-52-78-73-24-12-8-17-57(73)39-58-18-9-13-25-74(58)78)45-69(44-64)121-53-79-75-26-14-10-19-59(75)40-60-20-11-15-27-76(60)79)67-33-30-56(31-34-67)29-32-62-48-96(2,3)47-61(21-16-28-82-77(51-114)93(65(49-112)50-113)124-97(82,98(109,110)111)66-22-6-5-7-23-66)72(62)35-37-118-94(116)63-41-70(122-54-80-83(99)87(103)91(107)88(104)84(80)100)46-71(42-63)123-55-81-85(101)89(105)92(108)90(106)86(81)102/h5-34,39-46H,4,35-38,47-48,52-55H2,1-3H3/b28-16+,32-29+,61-21+. The molecular weight excluding hydrogens is 1620 g/mol. The molecule has 26 heteroatoms. The van der Waals surface area contributed by atoms with Crippen molar-refractivity contribution in [2.75, 3.05) is 31.2 Å². The fourth-order valence-electron chi connectivity index (χ4n) is 15.4. The molecular formula is C98H69F13N4O9. The molecule has 14 rings (SSSR count). The zero-order chi connectivity index (χ0) is 87.9. The average Bonchev–Trinajstić information content (AvgIpc) is 1.55. The molecule has 0 saturated carbocycles. The molecule has 12 aromatic rings. The van der Waals surface area contributed by atoms with Crippen LogP contribution in [0.5, 0.6) is 23.0 Å². The normalized spacial score (nSPS) is 14.9. The van der Waals surface area contributed by atoms with Crippen LogP contribution in [0.1, 0.15) is 94.1 Å². The molecule has 0 aromatic heterocycles. The lowest BCUT2D eigenvalue weighted by Crippen LogP contribution is -2.43. The van der Waals surface area contributed by atoms with E-state index in [-0.39, 0.29) is 44.8 Å². The second-order valence-corrected chi connectivity index (χ2v) is 29.8. The highest BCUT2D eigenvalue weighted by molar-refractivity contribution is 6.03. The Kier molecular flexibility index (Phi) is 25.2. The highest BCUT2D eigenvalue weighted by Gasteiger charge is 2.65. The lowest BCUT2D eigenvalue weighted by molar-refractivity contribution is -0.249. The van der Waals surface area contributed by atoms with E-state index in [1.54, 1.807) is 36.4 Å². The maximum Gasteiger partial charge on any atom is 0.437 e. The van der Waals surface area contributed by atoms with E-state index in [4.69, 9.17) is 33.2 Å². The Morgan fingerprint density at radius 3 is 1.31 bits per heavy atom. The number of rotatable bonds is 27. The van der Waals surface area contributed by atoms with Gasteiger partial charge in [-0.25, -0.2) is 53.5 Å². The van der Waals surface area contributed by atoms with E-state index in [2.05, 4.69) is 12.1 Å². The summed E-state index contributed by atoms with van der Waals surface area (Å²) in [6.07, 6.45) is 2.16. The van der Waals surface area contributed by atoms with Gasteiger partial charge in [0.15, 0.2) is 57.9 Å². The molecule has 0 bridgehead atoms. The average molecular weight is 1690 g/mol. The van der Waals surface area contributed by atoms with Gasteiger partial charge in [-0.05, 0) is 139 Å². The summed E-state index contributed by atoms with van der Waals surface area (Å²) in [7, 11) is 0. The van der Waals surface area contributed by atoms with Crippen LogP contribution in [0.4, 0.5) is 62.8 Å². The number of nitriles is 3. The van der Waals surface area contributed by atoms with Crippen molar-refractivity contribution in [1.82, 2.24) is 0 Å². The van der Waals surface area contributed by atoms with Crippen LogP contribution in [0, 0.1) is 97.6 Å². The SMILES string of the molecule is CCN(CCOC(=O)c1cc(OCc2c3ccccc3cc3ccccc23)cc(OCc2c3ccccc3cc3ccccc23)c1)c1ccc(/C=C/C2=C(CCOC(=O)c3cc(OCc4c(F)c(F)c(F)c(F)c4F)cc(OCc4c(F)c(F)c(F)c(F)c4F)c3)C(=C/C=C/C3=C(C#N)C(=C(C#N)C#N)OC3(c3ccccc3)C(F)(F)F)/CC(C)(C)C2)cc1. The Balaban J connectivity index is 0.749. The summed E-state index contributed by atoms with van der Waals surface area (Å²) in [5, 5.41) is 38.6. The van der Waals surface area contributed by atoms with Gasteiger partial charge >= 0.3 is 18.1 Å². The largest absolute Gasteiger partial charge is 0.489 e. The van der Waals surface area contributed by atoms with Crippen LogP contribution in [-0.2, 0) is 46.2 Å². The van der Waals surface area contributed by atoms with E-state index >= 15 is 13.2 Å². The van der Waals surface area contributed by atoms with Gasteiger partial charge in [0.1, 0.15) is 79.8 Å². The monoisotopic (exact) mass is 1690 g/mol. The number of halogens is 13. The van der Waals surface area contributed by atoms with Crippen molar-refractivity contribution in [3.8, 4) is 41.2 Å². The molecule has 1 aliphatic carbocycles. The lowest BCUT2D eigenvalue weighted by atomic mass is 9.71. The predicted octanol–water partition coefficient (Wildman–Crippen LogP) is 24.2. The molecule has 0 amide bonds. The van der Waals surface area contributed by atoms with Gasteiger partial charge in [-0.2, -0.15) is 29.0 Å². The molecule has 1 unspecified atom stereocenters. The number of allylic oxidation sites excluding steroid dienone is 7. The zero-order valence-electron chi connectivity index (χ0n) is 66.1. The predicted molar refractivity (Wildman–Crippen MR) is 438 cm³/mol. The number of carbonyl (C=O) groups is 2. The first kappa shape index (κ1) is 85.8. The van der Waals surface area contributed by atoms with E-state index in [1.165, 1.54) is 42.5 Å². The molecule has 2 aliphatic rings. The third-order valence-electron chi connectivity index (χ3n) is 21.4. The van der Waals surface area contributed by atoms with Crippen molar-refractivity contribution in [3.63, 3.8) is 0 Å². The topological polar surface area (TPSA) is 173 Å². The van der Waals surface area contributed by atoms with Crippen LogP contribution in [0.25, 0.3) is 49.2 Å². The first-order chi connectivity index (χ1) is 59.6. The fraction of sp³-hybridized carbons (Fsp3) is 0.173. The first-order valence-electron chi connectivity index (χ1n) is 38.7. The minimum atomic E-state index is -5.35. The summed E-state index contributed by atoms with van der Waals surface area (Å²) in [4.78, 5) is 30.7. The summed E-state index contributed by atoms with van der Waals surface area (Å²) < 4.78 is 235. The van der Waals surface area contributed by atoms with Crippen molar-refractivity contribution >= 4 is 66.8 Å². The minimum Gasteiger partial charge on any atom is -0.489 e. The third-order valence-corrected chi connectivity index (χ3v) is 21.4. The maximum atomic E-state index is 16.0. The van der Waals surface area contributed by atoms with Crippen molar-refractivity contribution in [1.29, 1.82) is 15.8 Å². The van der Waals surface area contributed by atoms with Crippen molar-refractivity contribution in [3.05, 3.63) is 366 Å². The Morgan fingerprint density at radius 1 is 0.484 bits per heavy atom. The number of nitrogens with zero attached hydrogens (tertiary/aromatic N) is 4. The van der Waals surface area contributed by atoms with Gasteiger partial charge in [0.25, 0.3) is 5.60 Å². The number of carbonyl (C=O) groups excluding carboxylic acids is 2. The molecule has 13 nitrogen and oxygen atoms in total. The second kappa shape index (κ2) is 36.4. The third kappa shape index (κ3) is 17.7. The number of esters is 2. The van der Waals surface area contributed by atoms with Gasteiger partial charge in [0.2, 0.25) is 11.6 Å². The quantitative estimate of drug-likeness (QED) is 0.0119. The van der Waals surface area contributed by atoms with Gasteiger partial charge < -0.3 is 38.1 Å².